The molecule has 1 N–H and O–H groups in total. The minimum Gasteiger partial charge on any atom is -0.495 e. The predicted molar refractivity (Wildman–Crippen MR) is 130 cm³/mol. The number of pyridine rings is 1. The summed E-state index contributed by atoms with van der Waals surface area (Å²) in [5, 5.41) is 0. The number of aromatic nitrogens is 2. The van der Waals surface area contributed by atoms with E-state index in [1.807, 2.05) is 41.9 Å². The van der Waals surface area contributed by atoms with Crippen LogP contribution in [-0.2, 0) is 10.0 Å². The summed E-state index contributed by atoms with van der Waals surface area (Å²) in [6, 6.07) is 15.7. The average molecular weight is 466 g/mol. The van der Waals surface area contributed by atoms with Crippen molar-refractivity contribution in [3.05, 3.63) is 72.6 Å². The Balaban J connectivity index is 1.62. The van der Waals surface area contributed by atoms with E-state index in [9.17, 15) is 8.42 Å². The number of ether oxygens (including phenoxy) is 2. The first-order valence-corrected chi connectivity index (χ1v) is 12.3. The van der Waals surface area contributed by atoms with Gasteiger partial charge in [-0.15, -0.1) is 0 Å². The van der Waals surface area contributed by atoms with Crippen LogP contribution in [0.4, 0.5) is 5.69 Å². The molecule has 4 rings (SSSR count). The zero-order chi connectivity index (χ0) is 23.4. The summed E-state index contributed by atoms with van der Waals surface area (Å²) in [7, 11) is -2.33. The summed E-state index contributed by atoms with van der Waals surface area (Å²) in [4.78, 5) is 4.85. The Morgan fingerprint density at radius 3 is 2.58 bits per heavy atom. The molecule has 0 radical (unpaired) electrons. The molecule has 0 amide bonds. The number of aryl methyl sites for hydroxylation is 1. The molecule has 0 saturated heterocycles. The van der Waals surface area contributed by atoms with Gasteiger partial charge in [-0.1, -0.05) is 19.4 Å². The fourth-order valence-corrected chi connectivity index (χ4v) is 4.55. The van der Waals surface area contributed by atoms with E-state index in [1.165, 1.54) is 19.2 Å². The van der Waals surface area contributed by atoms with Gasteiger partial charge in [-0.2, -0.15) is 0 Å². The number of anilines is 1. The molecule has 4 aromatic rings. The van der Waals surface area contributed by atoms with Gasteiger partial charge in [0.2, 0.25) is 0 Å². The van der Waals surface area contributed by atoms with Crippen molar-refractivity contribution in [2.75, 3.05) is 18.4 Å². The second kappa shape index (κ2) is 9.54. The van der Waals surface area contributed by atoms with Crippen LogP contribution < -0.4 is 14.2 Å². The Morgan fingerprint density at radius 2 is 1.88 bits per heavy atom. The summed E-state index contributed by atoms with van der Waals surface area (Å²) >= 11 is 0. The van der Waals surface area contributed by atoms with Crippen LogP contribution >= 0.6 is 0 Å². The Hall–Kier alpha value is -3.52. The Kier molecular flexibility index (Phi) is 6.55. The van der Waals surface area contributed by atoms with Crippen molar-refractivity contribution in [3.8, 4) is 22.8 Å². The van der Waals surface area contributed by atoms with Crippen LogP contribution in [0.5, 0.6) is 11.5 Å². The summed E-state index contributed by atoms with van der Waals surface area (Å²) < 4.78 is 41.7. The highest BCUT2D eigenvalue weighted by molar-refractivity contribution is 7.92. The van der Waals surface area contributed by atoms with E-state index in [4.69, 9.17) is 14.5 Å². The molecule has 33 heavy (non-hydrogen) atoms. The molecule has 7 nitrogen and oxygen atoms in total. The van der Waals surface area contributed by atoms with Gasteiger partial charge in [0.1, 0.15) is 17.1 Å². The maximum absolute atomic E-state index is 13.0. The fourth-order valence-electron chi connectivity index (χ4n) is 3.49. The minimum absolute atomic E-state index is 0.140. The van der Waals surface area contributed by atoms with Crippen molar-refractivity contribution in [2.24, 2.45) is 0 Å². The van der Waals surface area contributed by atoms with Crippen molar-refractivity contribution in [3.63, 3.8) is 0 Å². The van der Waals surface area contributed by atoms with Crippen LogP contribution in [0.3, 0.4) is 0 Å². The number of fused-ring (bicyclic) bond motifs is 1. The second-order valence-corrected chi connectivity index (χ2v) is 9.42. The number of hydrogen-bond acceptors (Lipinski definition) is 5. The second-order valence-electron chi connectivity index (χ2n) is 7.74. The maximum Gasteiger partial charge on any atom is 0.262 e. The van der Waals surface area contributed by atoms with E-state index in [0.29, 0.717) is 23.8 Å². The SMILES string of the molecule is CCCCOc1ccc(S(=O)(=O)Nc2cc(-c3cn4cccc(C)c4n3)ccc2OC)cc1. The molecule has 0 unspecified atom stereocenters. The fraction of sp³-hybridized carbons (Fsp3) is 0.240. The summed E-state index contributed by atoms with van der Waals surface area (Å²) in [5.74, 6) is 1.06. The molecular formula is C25H27N3O4S. The van der Waals surface area contributed by atoms with Gasteiger partial charge in [0.25, 0.3) is 10.0 Å². The Labute approximate surface area is 194 Å². The molecule has 8 heteroatoms. The first kappa shape index (κ1) is 22.7. The standard InChI is InChI=1S/C25H27N3O4S/c1-4-5-15-32-20-9-11-21(12-10-20)33(29,30)27-22-16-19(8-13-24(22)31-3)23-17-28-14-6-7-18(2)25(28)26-23/h6-14,16-17,27H,4-5,15H2,1-3H3. The van der Waals surface area contributed by atoms with Crippen LogP contribution in [0.1, 0.15) is 25.3 Å². The van der Waals surface area contributed by atoms with Crippen molar-refractivity contribution < 1.29 is 17.9 Å². The van der Waals surface area contributed by atoms with Crippen molar-refractivity contribution >= 4 is 21.4 Å². The summed E-state index contributed by atoms with van der Waals surface area (Å²) in [6.07, 6.45) is 5.83. The molecule has 2 heterocycles. The van der Waals surface area contributed by atoms with Crippen LogP contribution in [0, 0.1) is 6.92 Å². The van der Waals surface area contributed by atoms with Crippen molar-refractivity contribution in [1.82, 2.24) is 9.38 Å². The molecule has 0 fully saturated rings. The molecule has 2 aromatic heterocycles. The van der Waals surface area contributed by atoms with E-state index in [1.54, 1.807) is 24.3 Å². The maximum atomic E-state index is 13.0. The van der Waals surface area contributed by atoms with Crippen molar-refractivity contribution in [1.29, 1.82) is 0 Å². The lowest BCUT2D eigenvalue weighted by atomic mass is 10.1. The van der Waals surface area contributed by atoms with Crippen LogP contribution in [0.15, 0.2) is 71.9 Å². The highest BCUT2D eigenvalue weighted by Gasteiger charge is 2.18. The molecular weight excluding hydrogens is 438 g/mol. The van der Waals surface area contributed by atoms with E-state index in [0.717, 1.165) is 35.3 Å². The zero-order valence-electron chi connectivity index (χ0n) is 18.9. The van der Waals surface area contributed by atoms with E-state index >= 15 is 0 Å². The molecule has 0 spiro atoms. The predicted octanol–water partition coefficient (Wildman–Crippen LogP) is 5.30. The third-order valence-electron chi connectivity index (χ3n) is 5.32. The number of unbranched alkanes of at least 4 members (excludes halogenated alkanes) is 1. The Bertz CT molecular complexity index is 1360. The van der Waals surface area contributed by atoms with Gasteiger partial charge in [0.15, 0.2) is 0 Å². The van der Waals surface area contributed by atoms with Gasteiger partial charge in [-0.25, -0.2) is 13.4 Å². The average Bonchev–Trinajstić information content (AvgIpc) is 3.25. The molecule has 0 aliphatic rings. The van der Waals surface area contributed by atoms with Gasteiger partial charge >= 0.3 is 0 Å². The lowest BCUT2D eigenvalue weighted by Crippen LogP contribution is -2.13. The van der Waals surface area contributed by atoms with Gasteiger partial charge in [-0.3, -0.25) is 4.72 Å². The van der Waals surface area contributed by atoms with Gasteiger partial charge in [-0.05, 0) is 67.4 Å². The zero-order valence-corrected chi connectivity index (χ0v) is 19.7. The number of methoxy groups -OCH3 is 1. The monoisotopic (exact) mass is 465 g/mol. The topological polar surface area (TPSA) is 81.9 Å². The lowest BCUT2D eigenvalue weighted by molar-refractivity contribution is 0.309. The van der Waals surface area contributed by atoms with E-state index in [2.05, 4.69) is 11.6 Å². The molecule has 2 aromatic carbocycles. The largest absolute Gasteiger partial charge is 0.495 e. The number of benzene rings is 2. The molecule has 0 bridgehead atoms. The van der Waals surface area contributed by atoms with Crippen LogP contribution in [0.25, 0.3) is 16.9 Å². The summed E-state index contributed by atoms with van der Waals surface area (Å²) in [5.41, 5.74) is 3.76. The van der Waals surface area contributed by atoms with E-state index < -0.39 is 10.0 Å². The van der Waals surface area contributed by atoms with Gasteiger partial charge in [0, 0.05) is 18.0 Å². The highest BCUT2D eigenvalue weighted by Crippen LogP contribution is 2.32. The molecule has 0 atom stereocenters. The van der Waals surface area contributed by atoms with E-state index in [-0.39, 0.29) is 4.90 Å². The quantitative estimate of drug-likeness (QED) is 0.339. The normalized spacial score (nSPS) is 11.5. The number of hydrogen-bond donors (Lipinski definition) is 1. The third-order valence-corrected chi connectivity index (χ3v) is 6.70. The lowest BCUT2D eigenvalue weighted by Gasteiger charge is -2.13. The van der Waals surface area contributed by atoms with Gasteiger partial charge in [0.05, 0.1) is 30.0 Å². The number of sulfonamides is 1. The number of nitrogens with one attached hydrogen (secondary N) is 1. The number of nitrogens with zero attached hydrogens (tertiary/aromatic N) is 2. The first-order valence-electron chi connectivity index (χ1n) is 10.8. The highest BCUT2D eigenvalue weighted by atomic mass is 32.2. The smallest absolute Gasteiger partial charge is 0.262 e. The van der Waals surface area contributed by atoms with Gasteiger partial charge < -0.3 is 13.9 Å². The molecule has 0 saturated carbocycles. The number of rotatable bonds is 9. The Morgan fingerprint density at radius 1 is 1.09 bits per heavy atom. The molecule has 172 valence electrons. The molecule has 0 aliphatic carbocycles. The van der Waals surface area contributed by atoms with Crippen molar-refractivity contribution in [2.45, 2.75) is 31.6 Å². The summed E-state index contributed by atoms with van der Waals surface area (Å²) in [6.45, 7) is 4.69. The first-order chi connectivity index (χ1) is 15.9. The number of imidazole rings is 1. The van der Waals surface area contributed by atoms with Crippen LogP contribution in [0.2, 0.25) is 0 Å². The van der Waals surface area contributed by atoms with Crippen LogP contribution in [-0.4, -0.2) is 31.5 Å². The molecule has 0 aliphatic heterocycles. The minimum atomic E-state index is -3.83. The third kappa shape index (κ3) is 4.96.